The number of hydrogen-bond donors (Lipinski definition) is 0. The van der Waals surface area contributed by atoms with Gasteiger partial charge in [0.2, 0.25) is 9.84 Å². The molecule has 0 fully saturated rings. The van der Waals surface area contributed by atoms with Gasteiger partial charge in [0.05, 0.1) is 20.8 Å². The second-order valence-electron chi connectivity index (χ2n) is 5.31. The molecule has 1 heterocycles. The molecule has 1 aromatic carbocycles. The Balaban J connectivity index is 2.27. The molecule has 0 bridgehead atoms. The Bertz CT molecular complexity index is 760. The lowest BCUT2D eigenvalue weighted by molar-refractivity contribution is 0.576. The molecule has 1 aromatic rings. The molecule has 22 heavy (non-hydrogen) atoms. The van der Waals surface area contributed by atoms with Gasteiger partial charge in [-0.3, -0.25) is 0 Å². The summed E-state index contributed by atoms with van der Waals surface area (Å²) in [6.07, 6.45) is 5.76. The predicted molar refractivity (Wildman–Crippen MR) is 88.0 cm³/mol. The van der Waals surface area contributed by atoms with Crippen molar-refractivity contribution >= 4 is 19.7 Å². The molecule has 1 unspecified atom stereocenters. The minimum Gasteiger partial charge on any atom is -0.228 e. The maximum atomic E-state index is 12.7. The van der Waals surface area contributed by atoms with Gasteiger partial charge in [-0.15, -0.1) is 6.58 Å². The first kappa shape index (κ1) is 17.0. The van der Waals surface area contributed by atoms with Crippen molar-refractivity contribution in [2.75, 3.05) is 5.75 Å². The zero-order valence-corrected chi connectivity index (χ0v) is 13.9. The van der Waals surface area contributed by atoms with Crippen LogP contribution >= 0.6 is 0 Å². The molecule has 120 valence electrons. The molecule has 0 aromatic heterocycles. The van der Waals surface area contributed by atoms with Crippen LogP contribution < -0.4 is 0 Å². The molecule has 0 aliphatic carbocycles. The second kappa shape index (κ2) is 6.79. The van der Waals surface area contributed by atoms with Crippen molar-refractivity contribution in [3.63, 3.8) is 0 Å². The van der Waals surface area contributed by atoms with Crippen LogP contribution in [0.25, 0.3) is 0 Å². The first-order valence-corrected chi connectivity index (χ1v) is 10.4. The molecule has 0 N–H and O–H groups in total. The highest BCUT2D eigenvalue weighted by molar-refractivity contribution is 7.99. The Labute approximate surface area is 132 Å². The summed E-state index contributed by atoms with van der Waals surface area (Å²) in [5.74, 6) is -0.194. The summed E-state index contributed by atoms with van der Waals surface area (Å²) in [5.41, 5.74) is 0. The third kappa shape index (κ3) is 3.50. The van der Waals surface area contributed by atoms with Gasteiger partial charge in [-0.25, -0.2) is 16.8 Å². The summed E-state index contributed by atoms with van der Waals surface area (Å²) < 4.78 is 49.7. The fourth-order valence-electron chi connectivity index (χ4n) is 2.58. The van der Waals surface area contributed by atoms with E-state index in [1.807, 2.05) is 0 Å². The Kier molecular flexibility index (Phi) is 5.24. The first-order chi connectivity index (χ1) is 10.4. The standard InChI is InChI=1S/C16H20O4S2/c1-2-3-4-8-11-15-16(12-13-21(15,17)18)22(19,20)14-9-6-5-7-10-14/h2,5-7,9-10,12,15H,1,3-4,8,11,13H2. The number of allylic oxidation sites excluding steroid dienone is 1. The Hall–Kier alpha value is -1.40. The normalized spacial score (nSPS) is 20.5. The van der Waals surface area contributed by atoms with Crippen molar-refractivity contribution in [1.82, 2.24) is 0 Å². The third-order valence-electron chi connectivity index (χ3n) is 3.76. The van der Waals surface area contributed by atoms with Crippen LogP contribution in [0.1, 0.15) is 25.7 Å². The van der Waals surface area contributed by atoms with Gasteiger partial charge in [-0.1, -0.05) is 36.8 Å². The molecule has 0 amide bonds. The van der Waals surface area contributed by atoms with Gasteiger partial charge in [-0.05, 0) is 31.4 Å². The van der Waals surface area contributed by atoms with Gasteiger partial charge < -0.3 is 0 Å². The van der Waals surface area contributed by atoms with Gasteiger partial charge in [-0.2, -0.15) is 0 Å². The first-order valence-electron chi connectivity index (χ1n) is 7.22. The monoisotopic (exact) mass is 340 g/mol. The maximum absolute atomic E-state index is 12.7. The molecule has 0 saturated carbocycles. The lowest BCUT2D eigenvalue weighted by Crippen LogP contribution is -2.23. The van der Waals surface area contributed by atoms with Crippen molar-refractivity contribution in [3.8, 4) is 0 Å². The molecular weight excluding hydrogens is 320 g/mol. The van der Waals surface area contributed by atoms with Crippen LogP contribution in [0.2, 0.25) is 0 Å². The molecule has 1 aliphatic heterocycles. The number of benzene rings is 1. The summed E-state index contributed by atoms with van der Waals surface area (Å²) in [7, 11) is -7.15. The summed E-state index contributed by atoms with van der Waals surface area (Å²) in [5, 5.41) is -0.914. The lowest BCUT2D eigenvalue weighted by atomic mass is 10.1. The summed E-state index contributed by atoms with van der Waals surface area (Å²) in [6, 6.07) is 7.99. The van der Waals surface area contributed by atoms with E-state index >= 15 is 0 Å². The fourth-order valence-corrected chi connectivity index (χ4v) is 6.68. The van der Waals surface area contributed by atoms with E-state index in [4.69, 9.17) is 0 Å². The smallest absolute Gasteiger partial charge is 0.203 e. The van der Waals surface area contributed by atoms with Crippen molar-refractivity contribution in [3.05, 3.63) is 54.0 Å². The van der Waals surface area contributed by atoms with Crippen LogP contribution in [-0.4, -0.2) is 27.8 Å². The van der Waals surface area contributed by atoms with E-state index in [1.165, 1.54) is 18.2 Å². The zero-order valence-electron chi connectivity index (χ0n) is 12.3. The molecule has 0 radical (unpaired) electrons. The van der Waals surface area contributed by atoms with E-state index in [0.717, 1.165) is 12.8 Å². The fraction of sp³-hybridized carbons (Fsp3) is 0.375. The average molecular weight is 340 g/mol. The van der Waals surface area contributed by atoms with E-state index < -0.39 is 24.9 Å². The highest BCUT2D eigenvalue weighted by Crippen LogP contribution is 2.33. The molecule has 1 aliphatic rings. The molecule has 0 saturated heterocycles. The molecule has 1 atom stereocenters. The van der Waals surface area contributed by atoms with Crippen LogP contribution in [0, 0.1) is 0 Å². The van der Waals surface area contributed by atoms with Crippen molar-refractivity contribution in [1.29, 1.82) is 0 Å². The lowest BCUT2D eigenvalue weighted by Gasteiger charge is -2.15. The van der Waals surface area contributed by atoms with E-state index in [2.05, 4.69) is 6.58 Å². The van der Waals surface area contributed by atoms with E-state index in [1.54, 1.807) is 24.3 Å². The van der Waals surface area contributed by atoms with Gasteiger partial charge in [0.1, 0.15) is 0 Å². The summed E-state index contributed by atoms with van der Waals surface area (Å²) in [6.45, 7) is 3.63. The predicted octanol–water partition coefficient (Wildman–Crippen LogP) is 2.89. The van der Waals surface area contributed by atoms with E-state index in [-0.39, 0.29) is 15.6 Å². The SMILES string of the molecule is C=CCCCCC1C(S(=O)(=O)c2ccccc2)=CCS1(=O)=O. The molecule has 2 rings (SSSR count). The quantitative estimate of drug-likeness (QED) is 0.565. The largest absolute Gasteiger partial charge is 0.228 e. The van der Waals surface area contributed by atoms with E-state index in [0.29, 0.717) is 12.8 Å². The number of sulfone groups is 2. The van der Waals surface area contributed by atoms with Crippen molar-refractivity contribution in [2.45, 2.75) is 35.8 Å². The molecule has 4 nitrogen and oxygen atoms in total. The third-order valence-corrected chi connectivity index (χ3v) is 7.86. The highest BCUT2D eigenvalue weighted by Gasteiger charge is 2.40. The van der Waals surface area contributed by atoms with Crippen molar-refractivity contribution < 1.29 is 16.8 Å². The Morgan fingerprint density at radius 3 is 2.50 bits per heavy atom. The highest BCUT2D eigenvalue weighted by atomic mass is 32.2. The van der Waals surface area contributed by atoms with Gasteiger partial charge in [0.25, 0.3) is 0 Å². The van der Waals surface area contributed by atoms with Gasteiger partial charge in [0.15, 0.2) is 9.84 Å². The second-order valence-corrected chi connectivity index (χ2v) is 9.49. The van der Waals surface area contributed by atoms with Crippen LogP contribution in [0.3, 0.4) is 0 Å². The minimum atomic E-state index is -3.74. The molecule has 0 spiro atoms. The van der Waals surface area contributed by atoms with Gasteiger partial charge >= 0.3 is 0 Å². The maximum Gasteiger partial charge on any atom is 0.203 e. The Morgan fingerprint density at radius 2 is 1.86 bits per heavy atom. The van der Waals surface area contributed by atoms with Crippen molar-refractivity contribution in [2.24, 2.45) is 0 Å². The topological polar surface area (TPSA) is 68.3 Å². The van der Waals surface area contributed by atoms with Crippen LogP contribution in [0.15, 0.2) is 58.9 Å². The number of rotatable bonds is 7. The average Bonchev–Trinajstić information content (AvgIpc) is 2.80. The minimum absolute atomic E-state index is 0.0392. The summed E-state index contributed by atoms with van der Waals surface area (Å²) >= 11 is 0. The van der Waals surface area contributed by atoms with Crippen LogP contribution in [0.4, 0.5) is 0 Å². The number of unbranched alkanes of at least 4 members (excludes halogenated alkanes) is 2. The number of hydrogen-bond acceptors (Lipinski definition) is 4. The molecular formula is C16H20O4S2. The van der Waals surface area contributed by atoms with Gasteiger partial charge in [0, 0.05) is 0 Å². The summed E-state index contributed by atoms with van der Waals surface area (Å²) in [4.78, 5) is 0.187. The zero-order chi connectivity index (χ0) is 16.2. The molecule has 6 heteroatoms. The van der Waals surface area contributed by atoms with E-state index in [9.17, 15) is 16.8 Å². The Morgan fingerprint density at radius 1 is 1.18 bits per heavy atom. The van der Waals surface area contributed by atoms with Crippen LogP contribution in [-0.2, 0) is 19.7 Å². The van der Waals surface area contributed by atoms with Crippen LogP contribution in [0.5, 0.6) is 0 Å².